The molecule has 1 aromatic carbocycles. The number of aryl methyl sites for hydroxylation is 2. The maximum atomic E-state index is 11.3. The van der Waals surface area contributed by atoms with Crippen molar-refractivity contribution in [1.82, 2.24) is 10.4 Å². The summed E-state index contributed by atoms with van der Waals surface area (Å²) < 4.78 is 5.81. The molecule has 0 spiro atoms. The molecule has 0 fully saturated rings. The Morgan fingerprint density at radius 1 is 1.40 bits per heavy atom. The Balaban J connectivity index is 1.93. The Bertz CT molecular complexity index is 590. The minimum Gasteiger partial charge on any atom is -0.493 e. The molecule has 0 aliphatic heterocycles. The lowest BCUT2D eigenvalue weighted by Crippen LogP contribution is -2.29. The molecule has 1 aromatic heterocycles. The second-order valence-electron chi connectivity index (χ2n) is 4.41. The summed E-state index contributed by atoms with van der Waals surface area (Å²) in [5, 5.41) is 0.856. The summed E-state index contributed by atoms with van der Waals surface area (Å²) in [6.07, 6.45) is 2.19. The average Bonchev–Trinajstić information content (AvgIpc) is 2.90. The van der Waals surface area contributed by atoms with Crippen molar-refractivity contribution in [3.8, 4) is 5.75 Å². The molecule has 2 aromatic rings. The van der Waals surface area contributed by atoms with E-state index in [0.717, 1.165) is 21.9 Å². The van der Waals surface area contributed by atoms with Crippen LogP contribution in [0.3, 0.4) is 0 Å². The Morgan fingerprint density at radius 3 is 2.75 bits per heavy atom. The van der Waals surface area contributed by atoms with Crippen molar-refractivity contribution in [3.63, 3.8) is 0 Å². The van der Waals surface area contributed by atoms with Gasteiger partial charge in [0.1, 0.15) is 10.6 Å². The minimum atomic E-state index is -0.315. The van der Waals surface area contributed by atoms with Gasteiger partial charge < -0.3 is 4.74 Å². The maximum Gasteiger partial charge on any atom is 0.276 e. The lowest BCUT2D eigenvalue weighted by atomic mass is 10.1. The van der Waals surface area contributed by atoms with E-state index >= 15 is 0 Å². The summed E-state index contributed by atoms with van der Waals surface area (Å²) >= 11 is 1.33. The minimum absolute atomic E-state index is 0.315. The number of nitrogens with zero attached hydrogens (tertiary/aromatic N) is 1. The molecule has 0 radical (unpaired) electrons. The molecule has 0 saturated heterocycles. The van der Waals surface area contributed by atoms with Crippen LogP contribution in [0.25, 0.3) is 0 Å². The molecule has 0 bridgehead atoms. The van der Waals surface area contributed by atoms with Crippen LogP contribution in [-0.2, 0) is 6.42 Å². The van der Waals surface area contributed by atoms with Gasteiger partial charge in [-0.3, -0.25) is 10.2 Å². The molecule has 5 nitrogen and oxygen atoms in total. The predicted molar refractivity (Wildman–Crippen MR) is 78.9 cm³/mol. The monoisotopic (exact) mass is 291 g/mol. The van der Waals surface area contributed by atoms with Crippen LogP contribution in [0.5, 0.6) is 5.75 Å². The van der Waals surface area contributed by atoms with Crippen molar-refractivity contribution < 1.29 is 9.53 Å². The number of rotatable bonds is 5. The summed E-state index contributed by atoms with van der Waals surface area (Å²) in [5.74, 6) is 5.68. The highest BCUT2D eigenvalue weighted by Gasteiger charge is 2.09. The van der Waals surface area contributed by atoms with Gasteiger partial charge >= 0.3 is 0 Å². The number of nitrogens with two attached hydrogens (primary N) is 1. The first-order chi connectivity index (χ1) is 9.61. The van der Waals surface area contributed by atoms with Gasteiger partial charge in [-0.15, -0.1) is 11.3 Å². The molecule has 1 heterocycles. The number of carbonyl (C=O) groups excluding carboxylic acids is 1. The number of hydrazine groups is 1. The molecule has 20 heavy (non-hydrogen) atoms. The van der Waals surface area contributed by atoms with Gasteiger partial charge in [-0.05, 0) is 25.0 Å². The van der Waals surface area contributed by atoms with Gasteiger partial charge in [-0.25, -0.2) is 10.8 Å². The van der Waals surface area contributed by atoms with Crippen molar-refractivity contribution in [3.05, 3.63) is 45.4 Å². The third-order valence-electron chi connectivity index (χ3n) is 2.88. The Morgan fingerprint density at radius 2 is 2.10 bits per heavy atom. The number of para-hydroxylation sites is 1. The number of nitrogens with one attached hydrogen (secondary N) is 1. The molecule has 106 valence electrons. The fourth-order valence-electron chi connectivity index (χ4n) is 1.87. The predicted octanol–water partition coefficient (Wildman–Crippen LogP) is 1.98. The zero-order valence-electron chi connectivity index (χ0n) is 11.5. The largest absolute Gasteiger partial charge is 0.493 e. The first kappa shape index (κ1) is 14.5. The van der Waals surface area contributed by atoms with E-state index in [9.17, 15) is 4.79 Å². The lowest BCUT2D eigenvalue weighted by Gasteiger charge is -2.10. The molecule has 0 aliphatic rings. The highest BCUT2D eigenvalue weighted by Crippen LogP contribution is 2.22. The van der Waals surface area contributed by atoms with Crippen LogP contribution in [0.4, 0.5) is 0 Å². The molecule has 0 aliphatic carbocycles. The molecule has 3 N–H and O–H groups in total. The van der Waals surface area contributed by atoms with Gasteiger partial charge in [0, 0.05) is 6.42 Å². The van der Waals surface area contributed by atoms with Crippen LogP contribution < -0.4 is 16.0 Å². The van der Waals surface area contributed by atoms with E-state index in [1.165, 1.54) is 17.5 Å². The maximum absolute atomic E-state index is 11.3. The van der Waals surface area contributed by atoms with Crippen LogP contribution in [0.15, 0.2) is 24.4 Å². The van der Waals surface area contributed by atoms with Gasteiger partial charge in [0.15, 0.2) is 0 Å². The Kier molecular flexibility index (Phi) is 4.70. The highest BCUT2D eigenvalue weighted by atomic mass is 32.1. The molecular formula is C14H17N3O2S. The van der Waals surface area contributed by atoms with Crippen molar-refractivity contribution in [2.75, 3.05) is 6.61 Å². The summed E-state index contributed by atoms with van der Waals surface area (Å²) in [6.45, 7) is 4.58. The van der Waals surface area contributed by atoms with Crippen LogP contribution in [-0.4, -0.2) is 17.5 Å². The number of hydrogen-bond donors (Lipinski definition) is 2. The molecule has 1 amide bonds. The van der Waals surface area contributed by atoms with E-state index in [1.54, 1.807) is 0 Å². The number of thiazole rings is 1. The number of aromatic nitrogens is 1. The molecule has 6 heteroatoms. The van der Waals surface area contributed by atoms with Crippen molar-refractivity contribution >= 4 is 17.2 Å². The third kappa shape index (κ3) is 3.34. The number of ether oxygens (including phenoxy) is 1. The van der Waals surface area contributed by atoms with Gasteiger partial charge in [0.25, 0.3) is 5.91 Å². The van der Waals surface area contributed by atoms with Crippen LogP contribution in [0.2, 0.25) is 0 Å². The first-order valence-corrected chi connectivity index (χ1v) is 7.08. The number of carbonyl (C=O) groups is 1. The average molecular weight is 291 g/mol. The standard InChI is InChI=1S/C14H17N3O2S/c1-9-4-3-5-10(2)13(9)19-7-6-12-16-8-11(20-12)14(18)17-15/h3-5,8H,6-7,15H2,1-2H3,(H,17,18). The van der Waals surface area contributed by atoms with Gasteiger partial charge in [0.05, 0.1) is 17.8 Å². The zero-order chi connectivity index (χ0) is 14.5. The summed E-state index contributed by atoms with van der Waals surface area (Å²) in [6, 6.07) is 6.06. The van der Waals surface area contributed by atoms with Crippen LogP contribution in [0.1, 0.15) is 25.8 Å². The normalized spacial score (nSPS) is 10.3. The second kappa shape index (κ2) is 6.49. The van der Waals surface area contributed by atoms with Crippen molar-refractivity contribution in [2.24, 2.45) is 5.84 Å². The summed E-state index contributed by atoms with van der Waals surface area (Å²) in [7, 11) is 0. The Labute approximate surface area is 121 Å². The number of hydrogen-bond acceptors (Lipinski definition) is 5. The smallest absolute Gasteiger partial charge is 0.276 e. The number of nitrogen functional groups attached to an aromatic ring is 1. The summed E-state index contributed by atoms with van der Waals surface area (Å²) in [5.41, 5.74) is 4.33. The second-order valence-corrected chi connectivity index (χ2v) is 5.53. The molecule has 0 saturated carbocycles. The molecule has 2 rings (SSSR count). The van der Waals surface area contributed by atoms with Crippen LogP contribution >= 0.6 is 11.3 Å². The van der Waals surface area contributed by atoms with E-state index < -0.39 is 0 Å². The third-order valence-corrected chi connectivity index (χ3v) is 3.94. The topological polar surface area (TPSA) is 77.2 Å². The lowest BCUT2D eigenvalue weighted by molar-refractivity contribution is 0.0957. The fourth-order valence-corrected chi connectivity index (χ4v) is 2.67. The number of benzene rings is 1. The number of amides is 1. The molecule has 0 unspecified atom stereocenters. The van der Waals surface area contributed by atoms with E-state index in [4.69, 9.17) is 10.6 Å². The van der Waals surface area contributed by atoms with Crippen molar-refractivity contribution in [2.45, 2.75) is 20.3 Å². The summed E-state index contributed by atoms with van der Waals surface area (Å²) in [4.78, 5) is 16.0. The SMILES string of the molecule is Cc1cccc(C)c1OCCc1ncc(C(=O)NN)s1. The fraction of sp³-hybridized carbons (Fsp3) is 0.286. The molecule has 0 atom stereocenters. The highest BCUT2D eigenvalue weighted by molar-refractivity contribution is 7.13. The van der Waals surface area contributed by atoms with E-state index in [0.29, 0.717) is 17.9 Å². The van der Waals surface area contributed by atoms with Gasteiger partial charge in [-0.2, -0.15) is 0 Å². The first-order valence-electron chi connectivity index (χ1n) is 6.26. The quantitative estimate of drug-likeness (QED) is 0.502. The van der Waals surface area contributed by atoms with Crippen LogP contribution in [0, 0.1) is 13.8 Å². The van der Waals surface area contributed by atoms with Gasteiger partial charge in [-0.1, -0.05) is 18.2 Å². The zero-order valence-corrected chi connectivity index (χ0v) is 12.3. The molecular weight excluding hydrogens is 274 g/mol. The van der Waals surface area contributed by atoms with Gasteiger partial charge in [0.2, 0.25) is 0 Å². The van der Waals surface area contributed by atoms with E-state index in [1.807, 2.05) is 32.0 Å². The van der Waals surface area contributed by atoms with E-state index in [2.05, 4.69) is 10.4 Å². The van der Waals surface area contributed by atoms with E-state index in [-0.39, 0.29) is 5.91 Å². The van der Waals surface area contributed by atoms with Crippen molar-refractivity contribution in [1.29, 1.82) is 0 Å². The Hall–Kier alpha value is -1.92.